The van der Waals surface area contributed by atoms with Gasteiger partial charge in [0.1, 0.15) is 0 Å². The van der Waals surface area contributed by atoms with Crippen LogP contribution in [0.1, 0.15) is 38.5 Å². The fraction of sp³-hybridized carbons (Fsp3) is 0.600. The average molecular weight is 494 g/mol. The van der Waals surface area contributed by atoms with E-state index in [9.17, 15) is 44.1 Å². The molecule has 0 fully saturated rings. The van der Waals surface area contributed by atoms with E-state index in [4.69, 9.17) is 32.5 Å². The minimum atomic E-state index is -1.42. The molecule has 0 heterocycles. The van der Waals surface area contributed by atoms with Crippen LogP contribution in [0.2, 0.25) is 0 Å². The third-order valence-electron chi connectivity index (χ3n) is 2.92. The van der Waals surface area contributed by atoms with Crippen LogP contribution < -0.4 is 32.5 Å². The SMILES string of the molecule is N[C@@H](CCC(=O)O)C(=O)[O-].N[C@@H](CCC(=O)O)C(=O)[O-].N[C@@H](CCC(=O)O)C(=O)[O-].[Fe+3]. The molecule has 9 N–H and O–H groups in total. The number of carboxylic acid groups (broad SMARTS) is 6. The van der Waals surface area contributed by atoms with Crippen LogP contribution in [0.15, 0.2) is 0 Å². The fourth-order valence-electron chi connectivity index (χ4n) is 1.19. The van der Waals surface area contributed by atoms with Gasteiger partial charge in [0.15, 0.2) is 0 Å². The van der Waals surface area contributed by atoms with Crippen molar-refractivity contribution in [2.45, 2.75) is 56.7 Å². The van der Waals surface area contributed by atoms with Crippen molar-refractivity contribution in [3.63, 3.8) is 0 Å². The molecule has 16 heteroatoms. The maximum Gasteiger partial charge on any atom is 3.00 e. The first-order valence-corrected chi connectivity index (χ1v) is 8.16. The first-order valence-electron chi connectivity index (χ1n) is 8.16. The Morgan fingerprint density at radius 3 is 0.806 bits per heavy atom. The topological polar surface area (TPSA) is 310 Å². The summed E-state index contributed by atoms with van der Waals surface area (Å²) >= 11 is 0. The van der Waals surface area contributed by atoms with Crippen LogP contribution in [0, 0.1) is 0 Å². The van der Waals surface area contributed by atoms with Gasteiger partial charge in [-0.15, -0.1) is 0 Å². The number of aliphatic carboxylic acids is 6. The van der Waals surface area contributed by atoms with E-state index in [0.29, 0.717) is 0 Å². The molecule has 31 heavy (non-hydrogen) atoms. The van der Waals surface area contributed by atoms with Gasteiger partial charge in [-0.1, -0.05) is 0 Å². The molecule has 3 atom stereocenters. The molecule has 1 radical (unpaired) electrons. The molecule has 0 spiro atoms. The molecule has 0 saturated carbocycles. The zero-order chi connectivity index (χ0) is 24.4. The van der Waals surface area contributed by atoms with Crippen molar-refractivity contribution in [2.75, 3.05) is 0 Å². The van der Waals surface area contributed by atoms with Gasteiger partial charge < -0.3 is 62.2 Å². The molecular formula is C15H24FeN3O12. The molecule has 0 unspecified atom stereocenters. The first-order chi connectivity index (χ1) is 13.6. The van der Waals surface area contributed by atoms with Crippen LogP contribution in [0.5, 0.6) is 0 Å². The van der Waals surface area contributed by atoms with Crippen molar-refractivity contribution in [3.8, 4) is 0 Å². The summed E-state index contributed by atoms with van der Waals surface area (Å²) in [6.07, 6.45) is -0.980. The molecule has 0 aromatic rings. The summed E-state index contributed by atoms with van der Waals surface area (Å²) in [5, 5.41) is 53.9. The van der Waals surface area contributed by atoms with Crippen molar-refractivity contribution in [1.82, 2.24) is 0 Å². The van der Waals surface area contributed by atoms with E-state index in [-0.39, 0.29) is 55.6 Å². The molecule has 179 valence electrons. The second-order valence-corrected chi connectivity index (χ2v) is 5.57. The Bertz CT molecular complexity index is 521. The quantitative estimate of drug-likeness (QED) is 0.137. The van der Waals surface area contributed by atoms with E-state index in [0.717, 1.165) is 0 Å². The van der Waals surface area contributed by atoms with E-state index in [1.165, 1.54) is 0 Å². The molecule has 0 bridgehead atoms. The van der Waals surface area contributed by atoms with Crippen LogP contribution >= 0.6 is 0 Å². The van der Waals surface area contributed by atoms with Crippen LogP contribution in [0.25, 0.3) is 0 Å². The smallest absolute Gasteiger partial charge is 0.548 e. The van der Waals surface area contributed by atoms with Gasteiger partial charge in [-0.05, 0) is 19.3 Å². The predicted octanol–water partition coefficient (Wildman–Crippen LogP) is -6.22. The molecule has 0 aliphatic rings. The van der Waals surface area contributed by atoms with Crippen LogP contribution in [0.4, 0.5) is 0 Å². The van der Waals surface area contributed by atoms with Gasteiger partial charge in [0.25, 0.3) is 0 Å². The third-order valence-corrected chi connectivity index (χ3v) is 2.92. The van der Waals surface area contributed by atoms with Crippen LogP contribution in [-0.4, -0.2) is 69.3 Å². The van der Waals surface area contributed by atoms with Gasteiger partial charge in [-0.2, -0.15) is 0 Å². The summed E-state index contributed by atoms with van der Waals surface area (Å²) in [5.74, 6) is -7.42. The standard InChI is InChI=1S/3C5H9NO4.Fe/c3*6-3(5(9)10)1-2-4(7)8;/h3*3H,1-2,6H2,(H,7,8)(H,9,10);/q;;;+3/p-3/t3*3-;/m000./s1. The van der Waals surface area contributed by atoms with Crippen LogP contribution in [-0.2, 0) is 45.8 Å². The summed E-state index contributed by atoms with van der Waals surface area (Å²) < 4.78 is 0. The zero-order valence-electron chi connectivity index (χ0n) is 16.1. The monoisotopic (exact) mass is 494 g/mol. The van der Waals surface area contributed by atoms with Gasteiger partial charge in [0.05, 0.1) is 17.9 Å². The minimum Gasteiger partial charge on any atom is -0.548 e. The Morgan fingerprint density at radius 1 is 0.548 bits per heavy atom. The number of hydrogen-bond acceptors (Lipinski definition) is 12. The Labute approximate surface area is 186 Å². The van der Waals surface area contributed by atoms with E-state index < -0.39 is 53.9 Å². The van der Waals surface area contributed by atoms with Gasteiger partial charge in [0, 0.05) is 37.4 Å². The molecule has 0 saturated heterocycles. The number of carboxylic acids is 6. The largest absolute Gasteiger partial charge is 3.00 e. The molecule has 0 amide bonds. The fourth-order valence-corrected chi connectivity index (χ4v) is 1.19. The summed E-state index contributed by atoms with van der Waals surface area (Å²) in [4.78, 5) is 59.2. The Hall–Kier alpha value is -2.78. The molecule has 0 aliphatic carbocycles. The maximum atomic E-state index is 9.88. The van der Waals surface area contributed by atoms with Crippen molar-refractivity contribution in [1.29, 1.82) is 0 Å². The van der Waals surface area contributed by atoms with Gasteiger partial charge in [-0.3, -0.25) is 14.4 Å². The maximum absolute atomic E-state index is 9.88. The van der Waals surface area contributed by atoms with E-state index >= 15 is 0 Å². The summed E-state index contributed by atoms with van der Waals surface area (Å²) in [7, 11) is 0. The van der Waals surface area contributed by atoms with Crippen molar-refractivity contribution < 1.29 is 76.5 Å². The third kappa shape index (κ3) is 29.5. The van der Waals surface area contributed by atoms with Crippen molar-refractivity contribution >= 4 is 35.8 Å². The average Bonchev–Trinajstić information content (AvgIpc) is 2.62. The summed E-state index contributed by atoms with van der Waals surface area (Å²) in [6, 6.07) is -3.51. The molecule has 0 aromatic carbocycles. The summed E-state index contributed by atoms with van der Waals surface area (Å²) in [6.45, 7) is 0. The number of rotatable bonds is 12. The van der Waals surface area contributed by atoms with Gasteiger partial charge in [0.2, 0.25) is 0 Å². The molecule has 0 rings (SSSR count). The second-order valence-electron chi connectivity index (χ2n) is 5.57. The normalized spacial score (nSPS) is 12.1. The number of nitrogens with two attached hydrogens (primary N) is 3. The van der Waals surface area contributed by atoms with E-state index in [2.05, 4.69) is 0 Å². The molecule has 0 aliphatic heterocycles. The zero-order valence-corrected chi connectivity index (χ0v) is 17.2. The first kappa shape index (κ1) is 35.6. The molecular weight excluding hydrogens is 470 g/mol. The molecule has 15 nitrogen and oxygen atoms in total. The Kier molecular flexibility index (Phi) is 23.6. The summed E-state index contributed by atoms with van der Waals surface area (Å²) in [5.41, 5.74) is 14.8. The minimum absolute atomic E-state index is 0. The van der Waals surface area contributed by atoms with Crippen molar-refractivity contribution in [2.24, 2.45) is 17.2 Å². The van der Waals surface area contributed by atoms with Gasteiger partial charge in [-0.25, -0.2) is 0 Å². The second kappa shape index (κ2) is 20.5. The number of hydrogen-bond donors (Lipinski definition) is 6. The number of carbonyl (C=O) groups is 6. The molecule has 0 aromatic heterocycles. The van der Waals surface area contributed by atoms with Gasteiger partial charge >= 0.3 is 35.0 Å². The Balaban J connectivity index is -0.000000174. The number of carbonyl (C=O) groups excluding carboxylic acids is 3. The van der Waals surface area contributed by atoms with E-state index in [1.807, 2.05) is 0 Å². The van der Waals surface area contributed by atoms with E-state index in [1.54, 1.807) is 0 Å². The van der Waals surface area contributed by atoms with Crippen molar-refractivity contribution in [3.05, 3.63) is 0 Å². The predicted molar refractivity (Wildman–Crippen MR) is 89.6 cm³/mol. The van der Waals surface area contributed by atoms with Crippen LogP contribution in [0.3, 0.4) is 0 Å². The Morgan fingerprint density at radius 2 is 0.710 bits per heavy atom.